The van der Waals surface area contributed by atoms with Gasteiger partial charge < -0.3 is 4.57 Å². The van der Waals surface area contributed by atoms with Gasteiger partial charge in [0.1, 0.15) is 11.5 Å². The van der Waals surface area contributed by atoms with Gasteiger partial charge in [-0.2, -0.15) is 0 Å². The van der Waals surface area contributed by atoms with Crippen LogP contribution in [0.3, 0.4) is 0 Å². The van der Waals surface area contributed by atoms with Gasteiger partial charge in [-0.1, -0.05) is 13.0 Å². The van der Waals surface area contributed by atoms with Gasteiger partial charge in [0.2, 0.25) is 5.82 Å². The highest BCUT2D eigenvalue weighted by Crippen LogP contribution is 2.11. The Morgan fingerprint density at radius 1 is 1.20 bits per heavy atom. The first-order valence-electron chi connectivity index (χ1n) is 6.86. The molecule has 3 rings (SSSR count). The molecule has 0 saturated carbocycles. The SMILES string of the molecule is CCN1CCn2c(C#Cc3cccc(C)n3)nnc2C1. The van der Waals surface area contributed by atoms with E-state index in [1.807, 2.05) is 25.1 Å². The number of aromatic nitrogens is 4. The van der Waals surface area contributed by atoms with Gasteiger partial charge in [-0.3, -0.25) is 4.90 Å². The Labute approximate surface area is 118 Å². The van der Waals surface area contributed by atoms with Crippen LogP contribution in [0.4, 0.5) is 0 Å². The Balaban J connectivity index is 1.85. The van der Waals surface area contributed by atoms with E-state index in [4.69, 9.17) is 0 Å². The molecule has 0 aromatic carbocycles. The van der Waals surface area contributed by atoms with Crippen LogP contribution in [0.25, 0.3) is 0 Å². The van der Waals surface area contributed by atoms with Crippen molar-refractivity contribution in [3.05, 3.63) is 41.2 Å². The molecule has 0 saturated heterocycles. The summed E-state index contributed by atoms with van der Waals surface area (Å²) in [5.74, 6) is 7.89. The molecule has 0 atom stereocenters. The zero-order chi connectivity index (χ0) is 13.9. The zero-order valence-electron chi connectivity index (χ0n) is 11.8. The van der Waals surface area contributed by atoms with E-state index in [0.29, 0.717) is 0 Å². The van der Waals surface area contributed by atoms with Crippen molar-refractivity contribution in [2.75, 3.05) is 13.1 Å². The number of pyridine rings is 1. The lowest BCUT2D eigenvalue weighted by molar-refractivity contribution is 0.227. The highest BCUT2D eigenvalue weighted by atomic mass is 15.3. The first-order chi connectivity index (χ1) is 9.76. The lowest BCUT2D eigenvalue weighted by Gasteiger charge is -2.25. The van der Waals surface area contributed by atoms with Crippen molar-refractivity contribution in [3.63, 3.8) is 0 Å². The predicted octanol–water partition coefficient (Wildman–Crippen LogP) is 1.22. The molecular weight excluding hydrogens is 250 g/mol. The number of fused-ring (bicyclic) bond motifs is 1. The summed E-state index contributed by atoms with van der Waals surface area (Å²) in [6, 6.07) is 5.83. The van der Waals surface area contributed by atoms with Crippen molar-refractivity contribution in [2.24, 2.45) is 0 Å². The van der Waals surface area contributed by atoms with Gasteiger partial charge in [-0.05, 0) is 37.4 Å². The zero-order valence-corrected chi connectivity index (χ0v) is 11.8. The van der Waals surface area contributed by atoms with Gasteiger partial charge >= 0.3 is 0 Å². The van der Waals surface area contributed by atoms with E-state index in [2.05, 4.69) is 43.4 Å². The number of hydrogen-bond donors (Lipinski definition) is 0. The minimum Gasteiger partial charge on any atom is -0.302 e. The Hall–Kier alpha value is -2.19. The smallest absolute Gasteiger partial charge is 0.208 e. The number of rotatable bonds is 1. The fourth-order valence-electron chi connectivity index (χ4n) is 2.30. The van der Waals surface area contributed by atoms with Crippen LogP contribution in [0.2, 0.25) is 0 Å². The Morgan fingerprint density at radius 3 is 2.90 bits per heavy atom. The van der Waals surface area contributed by atoms with Gasteiger partial charge in [-0.25, -0.2) is 4.98 Å². The van der Waals surface area contributed by atoms with Crippen LogP contribution >= 0.6 is 0 Å². The summed E-state index contributed by atoms with van der Waals surface area (Å²) in [5.41, 5.74) is 1.74. The third-order valence-corrected chi connectivity index (χ3v) is 3.47. The van der Waals surface area contributed by atoms with E-state index >= 15 is 0 Å². The van der Waals surface area contributed by atoms with Crippen LogP contribution in [0, 0.1) is 18.8 Å². The standard InChI is InChI=1S/C15H17N5/c1-3-19-9-10-20-14(17-18-15(20)11-19)8-7-13-6-4-5-12(2)16-13/h4-6H,3,9-11H2,1-2H3. The fraction of sp³-hybridized carbons (Fsp3) is 0.400. The minimum atomic E-state index is 0.735. The summed E-state index contributed by atoms with van der Waals surface area (Å²) >= 11 is 0. The first kappa shape index (κ1) is 12.8. The van der Waals surface area contributed by atoms with Crippen molar-refractivity contribution >= 4 is 0 Å². The third-order valence-electron chi connectivity index (χ3n) is 3.47. The molecule has 0 amide bonds. The van der Waals surface area contributed by atoms with Gasteiger partial charge in [0.05, 0.1) is 6.54 Å². The molecule has 2 aromatic heterocycles. The van der Waals surface area contributed by atoms with Crippen molar-refractivity contribution in [1.29, 1.82) is 0 Å². The molecule has 102 valence electrons. The molecular formula is C15H17N5. The van der Waals surface area contributed by atoms with Gasteiger partial charge in [0.25, 0.3) is 0 Å². The lowest BCUT2D eigenvalue weighted by atomic mass is 10.3. The topological polar surface area (TPSA) is 46.8 Å². The summed E-state index contributed by atoms with van der Waals surface area (Å²) < 4.78 is 2.11. The van der Waals surface area contributed by atoms with Crippen molar-refractivity contribution in [3.8, 4) is 11.8 Å². The highest BCUT2D eigenvalue weighted by Gasteiger charge is 2.18. The van der Waals surface area contributed by atoms with E-state index in [-0.39, 0.29) is 0 Å². The molecule has 1 aliphatic heterocycles. The highest BCUT2D eigenvalue weighted by molar-refractivity contribution is 5.34. The van der Waals surface area contributed by atoms with E-state index in [9.17, 15) is 0 Å². The fourth-order valence-corrected chi connectivity index (χ4v) is 2.30. The third kappa shape index (κ3) is 2.56. The Bertz CT molecular complexity index is 677. The summed E-state index contributed by atoms with van der Waals surface area (Å²) in [4.78, 5) is 6.72. The molecule has 5 heteroatoms. The molecule has 1 aliphatic rings. The second-order valence-electron chi connectivity index (χ2n) is 4.87. The van der Waals surface area contributed by atoms with Gasteiger partial charge in [0, 0.05) is 18.8 Å². The number of hydrogen-bond acceptors (Lipinski definition) is 4. The average Bonchev–Trinajstić information content (AvgIpc) is 2.87. The van der Waals surface area contributed by atoms with Crippen LogP contribution in [-0.4, -0.2) is 37.7 Å². The molecule has 5 nitrogen and oxygen atoms in total. The summed E-state index contributed by atoms with van der Waals surface area (Å²) in [7, 11) is 0. The molecule has 0 unspecified atom stereocenters. The molecule has 0 aliphatic carbocycles. The average molecular weight is 267 g/mol. The Kier molecular flexibility index (Phi) is 3.48. The maximum Gasteiger partial charge on any atom is 0.208 e. The minimum absolute atomic E-state index is 0.735. The van der Waals surface area contributed by atoms with Crippen LogP contribution < -0.4 is 0 Å². The summed E-state index contributed by atoms with van der Waals surface area (Å²) in [6.07, 6.45) is 0. The predicted molar refractivity (Wildman–Crippen MR) is 75.9 cm³/mol. The van der Waals surface area contributed by atoms with Crippen LogP contribution in [0.15, 0.2) is 18.2 Å². The van der Waals surface area contributed by atoms with Crippen molar-refractivity contribution < 1.29 is 0 Å². The molecule has 0 fully saturated rings. The molecule has 20 heavy (non-hydrogen) atoms. The lowest BCUT2D eigenvalue weighted by Crippen LogP contribution is -2.33. The van der Waals surface area contributed by atoms with Gasteiger partial charge in [-0.15, -0.1) is 10.2 Å². The molecule has 0 bridgehead atoms. The monoisotopic (exact) mass is 267 g/mol. The van der Waals surface area contributed by atoms with Crippen molar-refractivity contribution in [1.82, 2.24) is 24.6 Å². The number of likely N-dealkylation sites (N-methyl/N-ethyl adjacent to an activating group) is 1. The second-order valence-corrected chi connectivity index (χ2v) is 4.87. The largest absolute Gasteiger partial charge is 0.302 e. The molecule has 2 aromatic rings. The normalized spacial score (nSPS) is 14.5. The molecule has 0 radical (unpaired) electrons. The van der Waals surface area contributed by atoms with Gasteiger partial charge in [0.15, 0.2) is 0 Å². The van der Waals surface area contributed by atoms with Crippen LogP contribution in [0.1, 0.15) is 30.0 Å². The molecule has 0 spiro atoms. The Morgan fingerprint density at radius 2 is 2.10 bits per heavy atom. The summed E-state index contributed by atoms with van der Waals surface area (Å²) in [6.45, 7) is 7.95. The first-order valence-corrected chi connectivity index (χ1v) is 6.86. The van der Waals surface area contributed by atoms with E-state index in [1.165, 1.54) is 0 Å². The van der Waals surface area contributed by atoms with Crippen LogP contribution in [-0.2, 0) is 13.1 Å². The van der Waals surface area contributed by atoms with Crippen LogP contribution in [0.5, 0.6) is 0 Å². The quantitative estimate of drug-likeness (QED) is 0.729. The van der Waals surface area contributed by atoms with E-state index in [0.717, 1.165) is 49.2 Å². The molecule has 3 heterocycles. The number of aryl methyl sites for hydroxylation is 1. The summed E-state index contributed by atoms with van der Waals surface area (Å²) in [5, 5.41) is 8.42. The van der Waals surface area contributed by atoms with Crippen molar-refractivity contribution in [2.45, 2.75) is 26.9 Å². The van der Waals surface area contributed by atoms with E-state index < -0.39 is 0 Å². The maximum atomic E-state index is 4.37. The van der Waals surface area contributed by atoms with E-state index in [1.54, 1.807) is 0 Å². The number of nitrogens with zero attached hydrogens (tertiary/aromatic N) is 5. The maximum absolute atomic E-state index is 4.37. The molecule has 0 N–H and O–H groups in total. The second kappa shape index (κ2) is 5.43.